The molecule has 1 aromatic carbocycles. The van der Waals surface area contributed by atoms with E-state index in [1.165, 1.54) is 0 Å². The largest absolute Gasteiger partial charge is 0.461 e. The van der Waals surface area contributed by atoms with Gasteiger partial charge < -0.3 is 14.6 Å². The summed E-state index contributed by atoms with van der Waals surface area (Å²) in [6.07, 6.45) is 0.692. The topological polar surface area (TPSA) is 55.8 Å². The van der Waals surface area contributed by atoms with E-state index in [9.17, 15) is 9.90 Å². The van der Waals surface area contributed by atoms with Crippen LogP contribution in [0.15, 0.2) is 30.3 Å². The highest BCUT2D eigenvalue weighted by Crippen LogP contribution is 2.16. The molecule has 1 N–H and O–H groups in total. The minimum Gasteiger partial charge on any atom is -0.461 e. The smallest absolute Gasteiger partial charge is 0.339 e. The zero-order valence-electron chi connectivity index (χ0n) is 9.54. The van der Waals surface area contributed by atoms with Crippen LogP contribution in [-0.4, -0.2) is 30.4 Å². The maximum Gasteiger partial charge on any atom is 0.339 e. The summed E-state index contributed by atoms with van der Waals surface area (Å²) >= 11 is 0. The van der Waals surface area contributed by atoms with E-state index in [2.05, 4.69) is 0 Å². The molecular formula is C13H16O4. The number of hydrogen-bond acceptors (Lipinski definition) is 4. The number of rotatable bonds is 4. The molecule has 0 amide bonds. The van der Waals surface area contributed by atoms with E-state index in [0.29, 0.717) is 5.56 Å². The van der Waals surface area contributed by atoms with Crippen LogP contribution in [0.4, 0.5) is 0 Å². The number of aliphatic hydroxyl groups excluding tert-OH is 1. The Labute approximate surface area is 100 Å². The van der Waals surface area contributed by atoms with Crippen LogP contribution in [0.3, 0.4) is 0 Å². The van der Waals surface area contributed by atoms with Crippen molar-refractivity contribution >= 4 is 5.97 Å². The molecule has 4 heteroatoms. The Morgan fingerprint density at radius 1 is 1.47 bits per heavy atom. The van der Waals surface area contributed by atoms with Crippen molar-refractivity contribution < 1.29 is 19.4 Å². The number of aliphatic hydroxyl groups is 1. The molecule has 1 fully saturated rings. The van der Waals surface area contributed by atoms with Gasteiger partial charge in [0, 0.05) is 6.61 Å². The van der Waals surface area contributed by atoms with Gasteiger partial charge in [-0.05, 0) is 18.4 Å². The molecule has 92 valence electrons. The molecule has 17 heavy (non-hydrogen) atoms. The molecule has 0 spiro atoms. The highest BCUT2D eigenvalue weighted by molar-refractivity contribution is 5.76. The maximum absolute atomic E-state index is 11.6. The number of hydrogen-bond donors (Lipinski definition) is 1. The molecule has 1 aliphatic rings. The molecule has 1 heterocycles. The van der Waals surface area contributed by atoms with Gasteiger partial charge >= 0.3 is 5.97 Å². The molecule has 2 atom stereocenters. The number of ether oxygens (including phenoxy) is 2. The molecule has 0 bridgehead atoms. The lowest BCUT2D eigenvalue weighted by Crippen LogP contribution is -2.22. The van der Waals surface area contributed by atoms with Crippen LogP contribution >= 0.6 is 0 Å². The van der Waals surface area contributed by atoms with Crippen molar-refractivity contribution in [3.63, 3.8) is 0 Å². The Hall–Kier alpha value is -1.39. The number of esters is 1. The third-order valence-electron chi connectivity index (χ3n) is 2.77. The second-order valence-electron chi connectivity index (χ2n) is 4.08. The molecule has 1 aliphatic heterocycles. The monoisotopic (exact) mass is 236 g/mol. The zero-order chi connectivity index (χ0) is 12.1. The zero-order valence-corrected chi connectivity index (χ0v) is 9.54. The van der Waals surface area contributed by atoms with Gasteiger partial charge in [-0.2, -0.15) is 0 Å². The summed E-state index contributed by atoms with van der Waals surface area (Å²) in [5, 5.41) is 9.75. The van der Waals surface area contributed by atoms with Crippen molar-refractivity contribution in [2.24, 2.45) is 0 Å². The predicted octanol–water partition coefficient (Wildman–Crippen LogP) is 1.44. The Kier molecular flexibility index (Phi) is 4.12. The van der Waals surface area contributed by atoms with Gasteiger partial charge in [0.15, 0.2) is 6.10 Å². The number of carbonyl (C=O) groups excluding carboxylic acids is 1. The Bertz CT molecular complexity index is 357. The fourth-order valence-corrected chi connectivity index (χ4v) is 1.80. The molecule has 0 aliphatic carbocycles. The summed E-state index contributed by atoms with van der Waals surface area (Å²) in [5.74, 6) is -0.619. The first-order chi connectivity index (χ1) is 8.27. The summed E-state index contributed by atoms with van der Waals surface area (Å²) in [6.45, 7) is 0.951. The second-order valence-corrected chi connectivity index (χ2v) is 4.08. The van der Waals surface area contributed by atoms with Crippen LogP contribution in [0, 0.1) is 0 Å². The highest BCUT2D eigenvalue weighted by atomic mass is 16.6. The van der Waals surface area contributed by atoms with E-state index in [1.807, 2.05) is 6.07 Å². The van der Waals surface area contributed by atoms with Gasteiger partial charge in [-0.3, -0.25) is 0 Å². The van der Waals surface area contributed by atoms with Crippen LogP contribution in [-0.2, 0) is 14.3 Å². The van der Waals surface area contributed by atoms with Crippen molar-refractivity contribution in [1.29, 1.82) is 0 Å². The molecule has 4 nitrogen and oxygen atoms in total. The molecule has 2 rings (SSSR count). The Morgan fingerprint density at radius 3 is 2.88 bits per heavy atom. The van der Waals surface area contributed by atoms with Crippen molar-refractivity contribution in [2.75, 3.05) is 13.2 Å². The Balaban J connectivity index is 1.83. The van der Waals surface area contributed by atoms with E-state index in [4.69, 9.17) is 9.47 Å². The van der Waals surface area contributed by atoms with Crippen LogP contribution in [0.5, 0.6) is 0 Å². The highest BCUT2D eigenvalue weighted by Gasteiger charge is 2.22. The van der Waals surface area contributed by atoms with Crippen molar-refractivity contribution in [1.82, 2.24) is 0 Å². The normalized spacial score (nSPS) is 21.1. The predicted molar refractivity (Wildman–Crippen MR) is 61.3 cm³/mol. The van der Waals surface area contributed by atoms with E-state index in [-0.39, 0.29) is 12.7 Å². The summed E-state index contributed by atoms with van der Waals surface area (Å²) < 4.78 is 10.4. The third-order valence-corrected chi connectivity index (χ3v) is 2.77. The maximum atomic E-state index is 11.6. The molecular weight excluding hydrogens is 220 g/mol. The van der Waals surface area contributed by atoms with Crippen molar-refractivity contribution in [3.05, 3.63) is 35.9 Å². The first-order valence-electron chi connectivity index (χ1n) is 5.78. The lowest BCUT2D eigenvalue weighted by Gasteiger charge is -2.13. The van der Waals surface area contributed by atoms with E-state index < -0.39 is 12.1 Å². The molecule has 0 aromatic heterocycles. The van der Waals surface area contributed by atoms with Crippen LogP contribution in [0.1, 0.15) is 24.5 Å². The average Bonchev–Trinajstić information content (AvgIpc) is 2.89. The van der Waals surface area contributed by atoms with Gasteiger partial charge in [-0.1, -0.05) is 30.3 Å². The quantitative estimate of drug-likeness (QED) is 0.804. The van der Waals surface area contributed by atoms with Crippen LogP contribution in [0.25, 0.3) is 0 Å². The fraction of sp³-hybridized carbons (Fsp3) is 0.462. The minimum absolute atomic E-state index is 0.0121. The van der Waals surface area contributed by atoms with Gasteiger partial charge in [-0.25, -0.2) is 4.79 Å². The van der Waals surface area contributed by atoms with Gasteiger partial charge in [0.2, 0.25) is 0 Å². The molecule has 0 radical (unpaired) electrons. The number of benzene rings is 1. The summed E-state index contributed by atoms with van der Waals surface area (Å²) in [6, 6.07) is 8.75. The summed E-state index contributed by atoms with van der Waals surface area (Å²) in [5.41, 5.74) is 0.546. The summed E-state index contributed by atoms with van der Waals surface area (Å²) in [7, 11) is 0. The van der Waals surface area contributed by atoms with Crippen molar-refractivity contribution in [3.8, 4) is 0 Å². The SMILES string of the molecule is O=C(OCC1CCCO1)C(O)c1ccccc1. The van der Waals surface area contributed by atoms with Gasteiger partial charge in [0.05, 0.1) is 6.10 Å². The van der Waals surface area contributed by atoms with Crippen LogP contribution < -0.4 is 0 Å². The van der Waals surface area contributed by atoms with E-state index >= 15 is 0 Å². The third kappa shape index (κ3) is 3.28. The van der Waals surface area contributed by atoms with Crippen LogP contribution in [0.2, 0.25) is 0 Å². The molecule has 1 aromatic rings. The lowest BCUT2D eigenvalue weighted by atomic mass is 10.1. The minimum atomic E-state index is -1.21. The first kappa shape index (κ1) is 12.1. The molecule has 0 saturated carbocycles. The molecule has 1 saturated heterocycles. The van der Waals surface area contributed by atoms with Gasteiger partial charge in [0.1, 0.15) is 6.61 Å². The number of carbonyl (C=O) groups is 1. The van der Waals surface area contributed by atoms with Crippen molar-refractivity contribution in [2.45, 2.75) is 25.0 Å². The first-order valence-corrected chi connectivity index (χ1v) is 5.78. The average molecular weight is 236 g/mol. The fourth-order valence-electron chi connectivity index (χ4n) is 1.80. The lowest BCUT2D eigenvalue weighted by molar-refractivity contribution is -0.157. The van der Waals surface area contributed by atoms with E-state index in [1.54, 1.807) is 24.3 Å². The summed E-state index contributed by atoms with van der Waals surface area (Å²) in [4.78, 5) is 11.6. The van der Waals surface area contributed by atoms with E-state index in [0.717, 1.165) is 19.4 Å². The van der Waals surface area contributed by atoms with Gasteiger partial charge in [-0.15, -0.1) is 0 Å². The Morgan fingerprint density at radius 2 is 2.24 bits per heavy atom. The second kappa shape index (κ2) is 5.80. The molecule has 2 unspecified atom stereocenters. The van der Waals surface area contributed by atoms with Gasteiger partial charge in [0.25, 0.3) is 0 Å². The standard InChI is InChI=1S/C13H16O4/c14-12(10-5-2-1-3-6-10)13(15)17-9-11-7-4-8-16-11/h1-3,5-6,11-12,14H,4,7-9H2.